The zero-order valence-electron chi connectivity index (χ0n) is 11.3. The van der Waals surface area contributed by atoms with Gasteiger partial charge in [-0.2, -0.15) is 23.4 Å². The van der Waals surface area contributed by atoms with Gasteiger partial charge in [-0.25, -0.2) is 0 Å². The molecule has 1 aromatic carbocycles. The van der Waals surface area contributed by atoms with E-state index in [4.69, 9.17) is 0 Å². The summed E-state index contributed by atoms with van der Waals surface area (Å²) in [5.74, 6) is -0.615. The van der Waals surface area contributed by atoms with Crippen LogP contribution in [-0.4, -0.2) is 22.9 Å². The first-order valence-corrected chi connectivity index (χ1v) is 6.19. The van der Waals surface area contributed by atoms with E-state index in [-0.39, 0.29) is 5.69 Å². The van der Waals surface area contributed by atoms with Crippen LogP contribution in [0.4, 0.5) is 24.5 Å². The van der Waals surface area contributed by atoms with E-state index < -0.39 is 33.8 Å². The van der Waals surface area contributed by atoms with Crippen LogP contribution in [0.25, 0.3) is 0 Å². The molecule has 0 aliphatic carbocycles. The first kappa shape index (κ1) is 15.9. The molecule has 0 saturated carbocycles. The summed E-state index contributed by atoms with van der Waals surface area (Å²) in [6, 6.07) is 2.28. The van der Waals surface area contributed by atoms with E-state index >= 15 is 0 Å². The largest absolute Gasteiger partial charge is 0.423 e. The van der Waals surface area contributed by atoms with Crippen LogP contribution in [0.5, 0.6) is 0 Å². The van der Waals surface area contributed by atoms with Crippen molar-refractivity contribution in [2.45, 2.75) is 25.1 Å². The molecule has 0 spiro atoms. The molecule has 0 radical (unpaired) electrons. The quantitative estimate of drug-likeness (QED) is 0.685. The second-order valence-corrected chi connectivity index (χ2v) is 4.93. The smallest absolute Gasteiger partial charge is 0.324 e. The molecule has 1 heterocycles. The standard InChI is InChI=1S/C12H11F3N4O3/c1-11(4-5-16-18-11)10(20)17-7-2-3-9(19(21)22)8(6-7)12(13,14)15/h2-3,6H,4-5H2,1H3,(H,17,20). The van der Waals surface area contributed by atoms with Crippen LogP contribution in [0.1, 0.15) is 18.9 Å². The minimum Gasteiger partial charge on any atom is -0.324 e. The fourth-order valence-corrected chi connectivity index (χ4v) is 1.95. The number of hydrogen-bond donors (Lipinski definition) is 1. The zero-order valence-corrected chi connectivity index (χ0v) is 11.3. The summed E-state index contributed by atoms with van der Waals surface area (Å²) in [5.41, 5.74) is -3.82. The van der Waals surface area contributed by atoms with Gasteiger partial charge in [0.2, 0.25) is 0 Å². The predicted molar refractivity (Wildman–Crippen MR) is 69.5 cm³/mol. The van der Waals surface area contributed by atoms with Gasteiger partial charge in [-0.1, -0.05) is 0 Å². The van der Waals surface area contributed by atoms with Crippen LogP contribution >= 0.6 is 0 Å². The fraction of sp³-hybridized carbons (Fsp3) is 0.417. The molecule has 7 nitrogen and oxygen atoms in total. The number of nitrogens with zero attached hydrogens (tertiary/aromatic N) is 3. The van der Waals surface area contributed by atoms with Gasteiger partial charge in [-0.05, 0) is 19.1 Å². The molecule has 1 aliphatic heterocycles. The Hall–Kier alpha value is -2.52. The van der Waals surface area contributed by atoms with Gasteiger partial charge < -0.3 is 5.32 Å². The summed E-state index contributed by atoms with van der Waals surface area (Å²) >= 11 is 0. The summed E-state index contributed by atoms with van der Waals surface area (Å²) in [6.07, 6.45) is -4.56. The molecule has 1 aromatic rings. The van der Waals surface area contributed by atoms with Gasteiger partial charge in [0.05, 0.1) is 11.5 Å². The minimum atomic E-state index is -4.90. The van der Waals surface area contributed by atoms with E-state index in [1.54, 1.807) is 0 Å². The molecular weight excluding hydrogens is 305 g/mol. The third-order valence-corrected chi connectivity index (χ3v) is 3.24. The monoisotopic (exact) mass is 316 g/mol. The van der Waals surface area contributed by atoms with Crippen molar-refractivity contribution in [2.75, 3.05) is 11.9 Å². The number of halogens is 3. The van der Waals surface area contributed by atoms with E-state index in [2.05, 4.69) is 15.5 Å². The Balaban J connectivity index is 2.31. The lowest BCUT2D eigenvalue weighted by molar-refractivity contribution is -0.388. The van der Waals surface area contributed by atoms with E-state index in [0.29, 0.717) is 25.1 Å². The molecule has 0 fully saturated rings. The second-order valence-electron chi connectivity index (χ2n) is 4.93. The number of amides is 1. The topological polar surface area (TPSA) is 97.0 Å². The van der Waals surface area contributed by atoms with Crippen LogP contribution in [-0.2, 0) is 11.0 Å². The maximum absolute atomic E-state index is 12.9. The number of rotatable bonds is 3. The highest BCUT2D eigenvalue weighted by Gasteiger charge is 2.40. The molecule has 0 bridgehead atoms. The van der Waals surface area contributed by atoms with Crippen molar-refractivity contribution >= 4 is 17.3 Å². The van der Waals surface area contributed by atoms with Gasteiger partial charge in [0.25, 0.3) is 11.6 Å². The molecule has 10 heteroatoms. The molecule has 0 aromatic heterocycles. The Bertz CT molecular complexity index is 660. The van der Waals surface area contributed by atoms with Crippen LogP contribution in [0, 0.1) is 10.1 Å². The molecule has 118 valence electrons. The van der Waals surface area contributed by atoms with Gasteiger partial charge in [-0.15, -0.1) is 0 Å². The predicted octanol–water partition coefficient (Wildman–Crippen LogP) is 3.17. The number of carbonyl (C=O) groups is 1. The SMILES string of the molecule is CC1(C(=O)Nc2ccc([N+](=O)[O-])c(C(F)(F)F)c2)CCN=N1. The highest BCUT2D eigenvalue weighted by atomic mass is 19.4. The average Bonchev–Trinajstić information content (AvgIpc) is 2.85. The van der Waals surface area contributed by atoms with Gasteiger partial charge in [-0.3, -0.25) is 14.9 Å². The Morgan fingerprint density at radius 1 is 1.45 bits per heavy atom. The van der Waals surface area contributed by atoms with Crippen molar-refractivity contribution in [1.82, 2.24) is 0 Å². The Labute approximate surface area is 122 Å². The Kier molecular flexibility index (Phi) is 3.86. The van der Waals surface area contributed by atoms with E-state index in [9.17, 15) is 28.1 Å². The normalized spacial score (nSPS) is 20.9. The van der Waals surface area contributed by atoms with Crippen molar-refractivity contribution < 1.29 is 22.9 Å². The van der Waals surface area contributed by atoms with Gasteiger partial charge in [0, 0.05) is 18.2 Å². The van der Waals surface area contributed by atoms with Crippen molar-refractivity contribution in [2.24, 2.45) is 10.2 Å². The van der Waals surface area contributed by atoms with Gasteiger partial charge in [0.1, 0.15) is 5.56 Å². The maximum Gasteiger partial charge on any atom is 0.423 e. The molecule has 1 N–H and O–H groups in total. The number of anilines is 1. The van der Waals surface area contributed by atoms with Crippen molar-refractivity contribution in [1.29, 1.82) is 0 Å². The summed E-state index contributed by atoms with van der Waals surface area (Å²) in [7, 11) is 0. The first-order valence-electron chi connectivity index (χ1n) is 6.19. The van der Waals surface area contributed by atoms with E-state index in [1.807, 2.05) is 0 Å². The lowest BCUT2D eigenvalue weighted by Gasteiger charge is -2.18. The lowest BCUT2D eigenvalue weighted by atomic mass is 9.99. The van der Waals surface area contributed by atoms with Gasteiger partial charge in [0.15, 0.2) is 5.54 Å². The van der Waals surface area contributed by atoms with Gasteiger partial charge >= 0.3 is 6.18 Å². The number of azo groups is 1. The van der Waals surface area contributed by atoms with Crippen LogP contribution < -0.4 is 5.32 Å². The van der Waals surface area contributed by atoms with Crippen LogP contribution in [0.2, 0.25) is 0 Å². The van der Waals surface area contributed by atoms with Crippen molar-refractivity contribution in [3.63, 3.8) is 0 Å². The van der Waals surface area contributed by atoms with Crippen LogP contribution in [0.15, 0.2) is 28.4 Å². The number of nitrogens with one attached hydrogen (secondary N) is 1. The summed E-state index contributed by atoms with van der Waals surface area (Å²) < 4.78 is 38.6. The second kappa shape index (κ2) is 5.35. The Morgan fingerprint density at radius 3 is 2.64 bits per heavy atom. The molecule has 1 aliphatic rings. The highest BCUT2D eigenvalue weighted by molar-refractivity contribution is 5.98. The van der Waals surface area contributed by atoms with Crippen LogP contribution in [0.3, 0.4) is 0 Å². The minimum absolute atomic E-state index is 0.189. The number of hydrogen-bond acceptors (Lipinski definition) is 5. The number of carbonyl (C=O) groups excluding carboxylic acids is 1. The molecule has 2 rings (SSSR count). The van der Waals surface area contributed by atoms with Crippen molar-refractivity contribution in [3.8, 4) is 0 Å². The highest BCUT2D eigenvalue weighted by Crippen LogP contribution is 2.37. The molecule has 1 amide bonds. The summed E-state index contributed by atoms with van der Waals surface area (Å²) in [4.78, 5) is 21.6. The number of nitro groups is 1. The third-order valence-electron chi connectivity index (χ3n) is 3.24. The molecule has 22 heavy (non-hydrogen) atoms. The fourth-order valence-electron chi connectivity index (χ4n) is 1.95. The molecule has 1 atom stereocenters. The molecular formula is C12H11F3N4O3. The third kappa shape index (κ3) is 3.05. The lowest BCUT2D eigenvalue weighted by Crippen LogP contribution is -2.36. The maximum atomic E-state index is 12.9. The summed E-state index contributed by atoms with van der Waals surface area (Å²) in [6.45, 7) is 1.87. The Morgan fingerprint density at radius 2 is 2.14 bits per heavy atom. The molecule has 0 saturated heterocycles. The zero-order chi connectivity index (χ0) is 16.5. The average molecular weight is 316 g/mol. The summed E-state index contributed by atoms with van der Waals surface area (Å²) in [5, 5.41) is 20.4. The van der Waals surface area contributed by atoms with Crippen molar-refractivity contribution in [3.05, 3.63) is 33.9 Å². The van der Waals surface area contributed by atoms with E-state index in [0.717, 1.165) is 6.07 Å². The number of nitro benzene ring substituents is 1. The number of alkyl halides is 3. The molecule has 1 unspecified atom stereocenters. The number of benzene rings is 1. The first-order chi connectivity index (χ1) is 10.1. The van der Waals surface area contributed by atoms with E-state index in [1.165, 1.54) is 6.92 Å².